The van der Waals surface area contributed by atoms with Crippen LogP contribution in [0.25, 0.3) is 16.8 Å². The van der Waals surface area contributed by atoms with Crippen LogP contribution in [0, 0.1) is 23.3 Å². The predicted molar refractivity (Wildman–Crippen MR) is 171 cm³/mol. The van der Waals surface area contributed by atoms with E-state index in [4.69, 9.17) is 0 Å². The van der Waals surface area contributed by atoms with E-state index in [2.05, 4.69) is 10.6 Å². The summed E-state index contributed by atoms with van der Waals surface area (Å²) in [5.74, 6) is -8.76. The second-order valence-electron chi connectivity index (χ2n) is 10.0. The van der Waals surface area contributed by atoms with Crippen molar-refractivity contribution < 1.29 is 31.9 Å². The molecule has 3 N–H and O–H groups in total. The summed E-state index contributed by atoms with van der Waals surface area (Å²) in [6, 6.07) is 28.1. The molecule has 0 spiro atoms. The minimum Gasteiger partial charge on any atom is -0.321 e. The zero-order chi connectivity index (χ0) is 32.8. The van der Waals surface area contributed by atoms with E-state index in [1.54, 1.807) is 60.7 Å². The monoisotopic (exact) mass is 643 g/mol. The Morgan fingerprint density at radius 1 is 0.739 bits per heavy atom. The molecule has 0 radical (unpaired) electrons. The van der Waals surface area contributed by atoms with Crippen molar-refractivity contribution in [3.05, 3.63) is 143 Å². The molecule has 1 unspecified atom stereocenters. The van der Waals surface area contributed by atoms with Crippen LogP contribution < -0.4 is 16.0 Å². The second-order valence-corrected chi connectivity index (χ2v) is 11.4. The fourth-order valence-electron chi connectivity index (χ4n) is 4.49. The van der Waals surface area contributed by atoms with Gasteiger partial charge in [-0.15, -0.1) is 11.8 Å². The first kappa shape index (κ1) is 32.0. The predicted octanol–water partition coefficient (Wildman–Crippen LogP) is 7.93. The Hall–Kier alpha value is -5.42. The average molecular weight is 644 g/mol. The first-order valence-corrected chi connectivity index (χ1v) is 14.8. The number of hydrogen-bond acceptors (Lipinski definition) is 4. The van der Waals surface area contributed by atoms with Gasteiger partial charge in [-0.2, -0.15) is 0 Å². The third-order valence-corrected chi connectivity index (χ3v) is 7.88. The summed E-state index contributed by atoms with van der Waals surface area (Å²) in [5.41, 5.74) is 0.128. The van der Waals surface area contributed by atoms with Crippen molar-refractivity contribution in [2.75, 3.05) is 10.6 Å². The van der Waals surface area contributed by atoms with E-state index in [1.165, 1.54) is 6.92 Å². The molecule has 46 heavy (non-hydrogen) atoms. The quantitative estimate of drug-likeness (QED) is 0.0659. The molecule has 0 aromatic heterocycles. The number of fused-ring (bicyclic) bond motifs is 1. The van der Waals surface area contributed by atoms with Crippen molar-refractivity contribution in [2.24, 2.45) is 0 Å². The third-order valence-electron chi connectivity index (χ3n) is 6.79. The SMILES string of the molecule is CC(Sc1cccc(NC(=O)/C(=C\c2cccc3ccccc23)NC(=O)c2ccccc2)c1)C(=O)Nc1c(F)c(F)cc(F)c1F. The molecule has 0 saturated heterocycles. The first-order chi connectivity index (χ1) is 22.1. The van der Waals surface area contributed by atoms with Crippen molar-refractivity contribution in [2.45, 2.75) is 17.1 Å². The molecule has 0 aliphatic heterocycles. The van der Waals surface area contributed by atoms with Gasteiger partial charge in [0.15, 0.2) is 23.3 Å². The molecule has 0 aliphatic rings. The highest BCUT2D eigenvalue weighted by atomic mass is 32.2. The van der Waals surface area contributed by atoms with E-state index in [-0.39, 0.29) is 11.8 Å². The molecular weight excluding hydrogens is 618 g/mol. The Morgan fingerprint density at radius 2 is 1.39 bits per heavy atom. The number of nitrogens with one attached hydrogen (secondary N) is 3. The molecule has 11 heteroatoms. The lowest BCUT2D eigenvalue weighted by Gasteiger charge is -2.15. The van der Waals surface area contributed by atoms with Gasteiger partial charge in [-0.25, -0.2) is 17.6 Å². The normalized spacial score (nSPS) is 12.0. The van der Waals surface area contributed by atoms with E-state index >= 15 is 0 Å². The second kappa shape index (κ2) is 14.1. The molecule has 232 valence electrons. The van der Waals surface area contributed by atoms with Crippen LogP contribution in [0.15, 0.2) is 114 Å². The minimum absolute atomic E-state index is 0.0256. The largest absolute Gasteiger partial charge is 0.321 e. The van der Waals surface area contributed by atoms with Gasteiger partial charge in [-0.3, -0.25) is 14.4 Å². The van der Waals surface area contributed by atoms with Gasteiger partial charge < -0.3 is 16.0 Å². The molecule has 0 bridgehead atoms. The molecule has 5 aromatic carbocycles. The van der Waals surface area contributed by atoms with E-state index in [9.17, 15) is 31.9 Å². The van der Waals surface area contributed by atoms with Crippen LogP contribution in [0.1, 0.15) is 22.8 Å². The van der Waals surface area contributed by atoms with Gasteiger partial charge in [0.1, 0.15) is 11.4 Å². The highest BCUT2D eigenvalue weighted by molar-refractivity contribution is 8.00. The maximum absolute atomic E-state index is 14.0. The van der Waals surface area contributed by atoms with Crippen LogP contribution in [-0.2, 0) is 9.59 Å². The Bertz CT molecular complexity index is 1950. The topological polar surface area (TPSA) is 87.3 Å². The number of hydrogen-bond donors (Lipinski definition) is 3. The lowest BCUT2D eigenvalue weighted by Crippen LogP contribution is -2.30. The smallest absolute Gasteiger partial charge is 0.272 e. The van der Waals surface area contributed by atoms with Crippen LogP contribution in [0.4, 0.5) is 28.9 Å². The molecule has 0 heterocycles. The van der Waals surface area contributed by atoms with Gasteiger partial charge in [0.05, 0.1) is 5.25 Å². The van der Waals surface area contributed by atoms with E-state index < -0.39 is 51.9 Å². The lowest BCUT2D eigenvalue weighted by molar-refractivity contribution is -0.115. The average Bonchev–Trinajstić information content (AvgIpc) is 3.06. The van der Waals surface area contributed by atoms with E-state index in [0.29, 0.717) is 21.7 Å². The van der Waals surface area contributed by atoms with E-state index in [1.807, 2.05) is 47.8 Å². The molecule has 1 atom stereocenters. The van der Waals surface area contributed by atoms with Crippen LogP contribution in [0.3, 0.4) is 0 Å². The number of carbonyl (C=O) groups excluding carboxylic acids is 3. The number of thioether (sulfide) groups is 1. The molecular formula is C35H25F4N3O3S. The number of rotatable bonds is 9. The van der Waals surface area contributed by atoms with E-state index in [0.717, 1.165) is 22.5 Å². The fourth-order valence-corrected chi connectivity index (χ4v) is 5.41. The first-order valence-electron chi connectivity index (χ1n) is 13.9. The molecule has 5 rings (SSSR count). The molecule has 6 nitrogen and oxygen atoms in total. The standard InChI is InChI=1S/C35H25F4N3O3S/c1-20(33(43)42-32-30(38)27(36)19-28(37)31(32)39)46-25-15-8-14-24(18-25)40-35(45)29(41-34(44)22-10-3-2-4-11-22)17-23-13-7-12-21-9-5-6-16-26(21)23/h2-20H,1H3,(H,40,45)(H,41,44)(H,42,43)/b29-17+. The van der Waals surface area contributed by atoms with Gasteiger partial charge in [0, 0.05) is 22.2 Å². The van der Waals surface area contributed by atoms with Crippen molar-refractivity contribution in [3.8, 4) is 0 Å². The van der Waals surface area contributed by atoms with Crippen molar-refractivity contribution in [1.29, 1.82) is 0 Å². The third kappa shape index (κ3) is 7.44. The summed E-state index contributed by atoms with van der Waals surface area (Å²) >= 11 is 0.973. The number of amides is 3. The zero-order valence-corrected chi connectivity index (χ0v) is 24.9. The summed E-state index contributed by atoms with van der Waals surface area (Å²) in [6.45, 7) is 1.43. The van der Waals surface area contributed by atoms with Gasteiger partial charge in [0.2, 0.25) is 5.91 Å². The Labute approximate surface area is 265 Å². The molecule has 0 fully saturated rings. The Kier molecular flexibility index (Phi) is 9.82. The molecule has 0 saturated carbocycles. The van der Waals surface area contributed by atoms with Crippen molar-refractivity contribution in [1.82, 2.24) is 5.32 Å². The minimum atomic E-state index is -1.72. The van der Waals surface area contributed by atoms with Gasteiger partial charge in [0.25, 0.3) is 11.8 Å². The number of benzene rings is 5. The number of halogens is 4. The highest BCUT2D eigenvalue weighted by Gasteiger charge is 2.24. The summed E-state index contributed by atoms with van der Waals surface area (Å²) in [6.07, 6.45) is 1.58. The van der Waals surface area contributed by atoms with Crippen LogP contribution in [0.2, 0.25) is 0 Å². The maximum atomic E-state index is 14.0. The molecule has 3 amide bonds. The molecule has 5 aromatic rings. The summed E-state index contributed by atoms with van der Waals surface area (Å²) < 4.78 is 55.2. The van der Waals surface area contributed by atoms with Crippen LogP contribution in [-0.4, -0.2) is 23.0 Å². The van der Waals surface area contributed by atoms with Gasteiger partial charge in [-0.1, -0.05) is 66.7 Å². The van der Waals surface area contributed by atoms with Crippen LogP contribution in [0.5, 0.6) is 0 Å². The Balaban J connectivity index is 1.36. The van der Waals surface area contributed by atoms with Crippen molar-refractivity contribution in [3.63, 3.8) is 0 Å². The fraction of sp³-hybridized carbons (Fsp3) is 0.0571. The highest BCUT2D eigenvalue weighted by Crippen LogP contribution is 2.29. The lowest BCUT2D eigenvalue weighted by atomic mass is 10.0. The van der Waals surface area contributed by atoms with Crippen LogP contribution >= 0.6 is 11.8 Å². The number of anilines is 2. The summed E-state index contributed by atoms with van der Waals surface area (Å²) in [5, 5.41) is 8.21. The molecule has 0 aliphatic carbocycles. The van der Waals surface area contributed by atoms with Gasteiger partial charge >= 0.3 is 0 Å². The Morgan fingerprint density at radius 3 is 2.13 bits per heavy atom. The zero-order valence-electron chi connectivity index (χ0n) is 24.1. The van der Waals surface area contributed by atoms with Crippen molar-refractivity contribution >= 4 is 57.7 Å². The van der Waals surface area contributed by atoms with Gasteiger partial charge in [-0.05, 0) is 59.7 Å². The number of carbonyl (C=O) groups is 3. The maximum Gasteiger partial charge on any atom is 0.272 e. The summed E-state index contributed by atoms with van der Waals surface area (Å²) in [4.78, 5) is 39.8. The summed E-state index contributed by atoms with van der Waals surface area (Å²) in [7, 11) is 0.